The molecule has 0 aliphatic carbocycles. The topological polar surface area (TPSA) is 109 Å². The number of benzene rings is 1. The average molecular weight is 387 g/mol. The van der Waals surface area contributed by atoms with Gasteiger partial charge in [-0.2, -0.15) is 0 Å². The number of amides is 1. The van der Waals surface area contributed by atoms with E-state index in [0.29, 0.717) is 37.8 Å². The van der Waals surface area contributed by atoms with Gasteiger partial charge in [-0.25, -0.2) is 4.79 Å². The summed E-state index contributed by atoms with van der Waals surface area (Å²) < 4.78 is 10.1. The molecule has 28 heavy (non-hydrogen) atoms. The summed E-state index contributed by atoms with van der Waals surface area (Å²) in [5, 5.41) is 11.4. The van der Waals surface area contributed by atoms with Gasteiger partial charge in [0.1, 0.15) is 11.4 Å². The van der Waals surface area contributed by atoms with Crippen LogP contribution in [-0.4, -0.2) is 59.0 Å². The number of rotatable bonds is 6. The molecule has 1 aromatic carbocycles. The number of nitrogens with one attached hydrogen (secondary N) is 2. The van der Waals surface area contributed by atoms with Crippen molar-refractivity contribution >= 4 is 12.0 Å². The third kappa shape index (κ3) is 4.99. The van der Waals surface area contributed by atoms with Gasteiger partial charge in [0.05, 0.1) is 13.7 Å². The van der Waals surface area contributed by atoms with Crippen LogP contribution in [0.1, 0.15) is 31.0 Å². The van der Waals surface area contributed by atoms with Gasteiger partial charge in [-0.3, -0.25) is 9.78 Å². The Morgan fingerprint density at radius 1 is 1.25 bits per heavy atom. The fraction of sp³-hybridized carbons (Fsp3) is 0.474. The third-order valence-electron chi connectivity index (χ3n) is 4.66. The summed E-state index contributed by atoms with van der Waals surface area (Å²) in [5.74, 6) is 1.11. The molecule has 1 fully saturated rings. The minimum Gasteiger partial charge on any atom is -0.497 e. The predicted octanol–water partition coefficient (Wildman–Crippen LogP) is 1.80. The van der Waals surface area contributed by atoms with Gasteiger partial charge in [0, 0.05) is 25.6 Å². The van der Waals surface area contributed by atoms with E-state index in [2.05, 4.69) is 20.5 Å². The van der Waals surface area contributed by atoms with Gasteiger partial charge in [0.25, 0.3) is 5.56 Å². The molecule has 0 atom stereocenters. The molecule has 1 amide bonds. The first kappa shape index (κ1) is 19.7. The van der Waals surface area contributed by atoms with Crippen LogP contribution in [0.2, 0.25) is 0 Å². The molecule has 0 bridgehead atoms. The monoisotopic (exact) mass is 387 g/mol. The Morgan fingerprint density at radius 3 is 2.57 bits per heavy atom. The summed E-state index contributed by atoms with van der Waals surface area (Å²) in [6.07, 6.45) is 1.61. The van der Waals surface area contributed by atoms with Gasteiger partial charge in [-0.05, 0) is 37.5 Å². The van der Waals surface area contributed by atoms with Gasteiger partial charge in [0.2, 0.25) is 5.95 Å². The first-order chi connectivity index (χ1) is 13.6. The number of H-pyrrole nitrogens is 1. The number of nitrogens with zero attached hydrogens (tertiary/aromatic N) is 3. The number of ether oxygens (including phenoxy) is 2. The second kappa shape index (κ2) is 9.20. The molecule has 3 rings (SSSR count). The summed E-state index contributed by atoms with van der Waals surface area (Å²) in [5.41, 5.74) is 1.04. The van der Waals surface area contributed by atoms with E-state index in [4.69, 9.17) is 9.47 Å². The molecule has 1 aliphatic rings. The van der Waals surface area contributed by atoms with Crippen molar-refractivity contribution in [3.8, 4) is 5.75 Å². The molecule has 1 aromatic heterocycles. The van der Waals surface area contributed by atoms with Crippen LogP contribution in [0.5, 0.6) is 5.75 Å². The Labute approximate surface area is 163 Å². The molecule has 2 aromatic rings. The number of carbonyl (C=O) groups excluding carboxylic acids is 1. The minimum atomic E-state index is -0.281. The summed E-state index contributed by atoms with van der Waals surface area (Å²) in [4.78, 5) is 28.5. The number of methoxy groups -OCH3 is 1. The first-order valence-electron chi connectivity index (χ1n) is 9.36. The second-order valence-corrected chi connectivity index (χ2v) is 6.58. The fourth-order valence-corrected chi connectivity index (χ4v) is 3.09. The Kier molecular flexibility index (Phi) is 6.46. The van der Waals surface area contributed by atoms with E-state index in [1.807, 2.05) is 24.3 Å². The lowest BCUT2D eigenvalue weighted by Crippen LogP contribution is -2.43. The smallest absolute Gasteiger partial charge is 0.409 e. The summed E-state index contributed by atoms with van der Waals surface area (Å²) in [6, 6.07) is 7.58. The largest absolute Gasteiger partial charge is 0.497 e. The molecule has 0 saturated carbocycles. The number of hydrogen-bond acceptors (Lipinski definition) is 7. The number of aromatic nitrogens is 3. The molecule has 150 valence electrons. The molecule has 2 heterocycles. The Morgan fingerprint density at radius 2 is 1.96 bits per heavy atom. The Hall–Kier alpha value is -3.10. The molecule has 2 N–H and O–H groups in total. The van der Waals surface area contributed by atoms with Crippen LogP contribution < -0.4 is 15.6 Å². The number of piperidine rings is 1. The lowest BCUT2D eigenvalue weighted by Gasteiger charge is -2.31. The second-order valence-electron chi connectivity index (χ2n) is 6.58. The summed E-state index contributed by atoms with van der Waals surface area (Å²) in [6.45, 7) is 3.36. The highest BCUT2D eigenvalue weighted by molar-refractivity contribution is 5.67. The van der Waals surface area contributed by atoms with E-state index < -0.39 is 0 Å². The quantitative estimate of drug-likeness (QED) is 0.778. The number of aromatic amines is 1. The zero-order valence-electron chi connectivity index (χ0n) is 16.1. The highest BCUT2D eigenvalue weighted by Gasteiger charge is 2.24. The molecule has 1 saturated heterocycles. The van der Waals surface area contributed by atoms with Crippen LogP contribution in [0.25, 0.3) is 0 Å². The van der Waals surface area contributed by atoms with Gasteiger partial charge in [-0.15, -0.1) is 10.2 Å². The molecule has 9 nitrogen and oxygen atoms in total. The summed E-state index contributed by atoms with van der Waals surface area (Å²) in [7, 11) is 1.61. The summed E-state index contributed by atoms with van der Waals surface area (Å²) >= 11 is 0. The van der Waals surface area contributed by atoms with Crippen molar-refractivity contribution in [2.24, 2.45) is 0 Å². The van der Waals surface area contributed by atoms with Crippen molar-refractivity contribution in [1.82, 2.24) is 20.1 Å². The molecule has 1 aliphatic heterocycles. The number of hydrogen-bond donors (Lipinski definition) is 2. The highest BCUT2D eigenvalue weighted by Crippen LogP contribution is 2.15. The van der Waals surface area contributed by atoms with Gasteiger partial charge in [-0.1, -0.05) is 12.1 Å². The third-order valence-corrected chi connectivity index (χ3v) is 4.66. The van der Waals surface area contributed by atoms with E-state index in [9.17, 15) is 9.59 Å². The SMILES string of the molecule is CCOC(=O)N1CCC(Nc2nnc(Cc3ccc(OC)cc3)c(=O)[nH]2)CC1. The van der Waals surface area contributed by atoms with Crippen LogP contribution in [0, 0.1) is 0 Å². The maximum atomic E-state index is 12.3. The van der Waals surface area contributed by atoms with Crippen LogP contribution in [0.15, 0.2) is 29.1 Å². The van der Waals surface area contributed by atoms with E-state index in [1.165, 1.54) is 0 Å². The van der Waals surface area contributed by atoms with Crippen molar-refractivity contribution in [2.75, 3.05) is 32.1 Å². The number of carbonyl (C=O) groups is 1. The maximum Gasteiger partial charge on any atom is 0.409 e. The van der Waals surface area contributed by atoms with Crippen molar-refractivity contribution in [3.63, 3.8) is 0 Å². The Balaban J connectivity index is 1.55. The van der Waals surface area contributed by atoms with Crippen LogP contribution in [0.4, 0.5) is 10.7 Å². The van der Waals surface area contributed by atoms with E-state index >= 15 is 0 Å². The zero-order valence-corrected chi connectivity index (χ0v) is 16.1. The average Bonchev–Trinajstić information content (AvgIpc) is 2.71. The minimum absolute atomic E-state index is 0.114. The van der Waals surface area contributed by atoms with Gasteiger partial charge >= 0.3 is 6.09 Å². The lowest BCUT2D eigenvalue weighted by molar-refractivity contribution is 0.0983. The van der Waals surface area contributed by atoms with Crippen molar-refractivity contribution < 1.29 is 14.3 Å². The number of anilines is 1. The molecular weight excluding hydrogens is 362 g/mol. The van der Waals surface area contributed by atoms with E-state index in [-0.39, 0.29) is 17.7 Å². The van der Waals surface area contributed by atoms with Crippen LogP contribution >= 0.6 is 0 Å². The number of likely N-dealkylation sites (tertiary alicyclic amines) is 1. The van der Waals surface area contributed by atoms with Crippen molar-refractivity contribution in [1.29, 1.82) is 0 Å². The lowest BCUT2D eigenvalue weighted by atomic mass is 10.1. The standard InChI is InChI=1S/C19H25N5O4/c1-3-28-19(26)24-10-8-14(9-11-24)20-18-21-17(25)16(22-23-18)12-13-4-6-15(27-2)7-5-13/h4-7,14H,3,8-12H2,1-2H3,(H2,20,21,23,25). The first-order valence-corrected chi connectivity index (χ1v) is 9.36. The van der Waals surface area contributed by atoms with Gasteiger partial charge < -0.3 is 19.7 Å². The normalized spacial score (nSPS) is 14.6. The van der Waals surface area contributed by atoms with Crippen LogP contribution in [0.3, 0.4) is 0 Å². The van der Waals surface area contributed by atoms with E-state index in [0.717, 1.165) is 24.2 Å². The molecule has 9 heteroatoms. The van der Waals surface area contributed by atoms with Crippen molar-refractivity contribution in [2.45, 2.75) is 32.2 Å². The van der Waals surface area contributed by atoms with E-state index in [1.54, 1.807) is 18.9 Å². The predicted molar refractivity (Wildman–Crippen MR) is 104 cm³/mol. The highest BCUT2D eigenvalue weighted by atomic mass is 16.6. The van der Waals surface area contributed by atoms with Crippen LogP contribution in [-0.2, 0) is 11.2 Å². The molecule has 0 unspecified atom stereocenters. The van der Waals surface area contributed by atoms with Crippen molar-refractivity contribution in [3.05, 3.63) is 45.9 Å². The Bertz CT molecular complexity index is 844. The molecular formula is C19H25N5O4. The molecule has 0 radical (unpaired) electrons. The molecule has 0 spiro atoms. The zero-order chi connectivity index (χ0) is 19.9. The van der Waals surface area contributed by atoms with Gasteiger partial charge in [0.15, 0.2) is 0 Å². The maximum absolute atomic E-state index is 12.3. The fourth-order valence-electron chi connectivity index (χ4n) is 3.09.